The minimum absolute atomic E-state index is 0.309. The van der Waals surface area contributed by atoms with Gasteiger partial charge in [-0.05, 0) is 54.7 Å². The number of hydrogen-bond donors (Lipinski definition) is 1. The van der Waals surface area contributed by atoms with E-state index in [1.807, 2.05) is 36.4 Å². The largest absolute Gasteiger partial charge is 0.355 e. The fourth-order valence-corrected chi connectivity index (χ4v) is 6.58. The predicted octanol–water partition coefficient (Wildman–Crippen LogP) is 10.3. The monoisotopic (exact) mass is 595 g/mol. The van der Waals surface area contributed by atoms with Crippen LogP contribution in [-0.4, -0.2) is 19.5 Å². The SMILES string of the molecule is Cc1c(-c2ccccc2Nc2ccccc2)ccc2c3ccccc3n(-c3nc(C4=CC=CCC4C)nc(-c4ccccc4)n3)c12. The molecule has 1 aliphatic rings. The minimum Gasteiger partial charge on any atom is -0.355 e. The van der Waals surface area contributed by atoms with Gasteiger partial charge in [-0.3, -0.25) is 4.57 Å². The summed E-state index contributed by atoms with van der Waals surface area (Å²) in [4.78, 5) is 15.4. The molecule has 1 unspecified atom stereocenters. The molecule has 0 fully saturated rings. The van der Waals surface area contributed by atoms with E-state index in [0.29, 0.717) is 17.7 Å². The van der Waals surface area contributed by atoms with Crippen LogP contribution in [0.1, 0.15) is 24.7 Å². The highest BCUT2D eigenvalue weighted by Crippen LogP contribution is 2.40. The maximum absolute atomic E-state index is 5.22. The third kappa shape index (κ3) is 4.87. The molecule has 0 saturated carbocycles. The van der Waals surface area contributed by atoms with Crippen molar-refractivity contribution in [2.24, 2.45) is 5.92 Å². The quantitative estimate of drug-likeness (QED) is 0.208. The van der Waals surface area contributed by atoms with Crippen LogP contribution in [0.5, 0.6) is 0 Å². The summed E-state index contributed by atoms with van der Waals surface area (Å²) < 4.78 is 2.23. The standard InChI is InChI=1S/C41H33N5/c1-27-15-9-10-20-31(27)40-43-39(29-16-5-3-6-17-29)44-41(45-40)46-37-24-14-12-22-34(37)35-26-25-32(28(2)38(35)46)33-21-11-13-23-36(33)42-30-18-7-4-8-19-30/h3-14,16-27,42H,15H2,1-2H3. The summed E-state index contributed by atoms with van der Waals surface area (Å²) in [5.41, 5.74) is 9.80. The number of allylic oxidation sites excluding steroid dienone is 4. The molecule has 0 bridgehead atoms. The molecular weight excluding hydrogens is 562 g/mol. The Balaban J connectivity index is 1.39. The van der Waals surface area contributed by atoms with E-state index in [2.05, 4.69) is 127 Å². The molecule has 0 amide bonds. The molecule has 0 saturated heterocycles. The van der Waals surface area contributed by atoms with Crippen molar-refractivity contribution in [3.8, 4) is 28.5 Å². The van der Waals surface area contributed by atoms with Crippen molar-refractivity contribution < 1.29 is 0 Å². The number of rotatable bonds is 6. The summed E-state index contributed by atoms with van der Waals surface area (Å²) in [6.07, 6.45) is 7.42. The summed E-state index contributed by atoms with van der Waals surface area (Å²) in [5.74, 6) is 2.32. The van der Waals surface area contributed by atoms with E-state index in [1.165, 1.54) is 10.8 Å². The van der Waals surface area contributed by atoms with Gasteiger partial charge in [0.05, 0.1) is 11.0 Å². The van der Waals surface area contributed by atoms with Gasteiger partial charge in [-0.15, -0.1) is 0 Å². The van der Waals surface area contributed by atoms with Gasteiger partial charge in [0.15, 0.2) is 11.6 Å². The molecule has 0 spiro atoms. The molecular formula is C41H33N5. The van der Waals surface area contributed by atoms with Gasteiger partial charge in [-0.1, -0.05) is 122 Å². The van der Waals surface area contributed by atoms with E-state index in [-0.39, 0.29) is 0 Å². The predicted molar refractivity (Wildman–Crippen MR) is 190 cm³/mol. The van der Waals surface area contributed by atoms with Crippen LogP contribution in [0.4, 0.5) is 11.4 Å². The van der Waals surface area contributed by atoms with E-state index in [0.717, 1.165) is 62.5 Å². The smallest absolute Gasteiger partial charge is 0.238 e. The lowest BCUT2D eigenvalue weighted by atomic mass is 9.93. The van der Waals surface area contributed by atoms with Crippen LogP contribution in [-0.2, 0) is 0 Å². The van der Waals surface area contributed by atoms with Crippen molar-refractivity contribution >= 4 is 38.8 Å². The van der Waals surface area contributed by atoms with Gasteiger partial charge in [0.25, 0.3) is 0 Å². The lowest BCUT2D eigenvalue weighted by molar-refractivity contribution is 0.744. The Labute approximate surface area is 268 Å². The average molecular weight is 596 g/mol. The lowest BCUT2D eigenvalue weighted by Gasteiger charge is -2.18. The van der Waals surface area contributed by atoms with Gasteiger partial charge in [0.2, 0.25) is 5.95 Å². The van der Waals surface area contributed by atoms with E-state index in [4.69, 9.17) is 15.0 Å². The molecule has 1 atom stereocenters. The van der Waals surface area contributed by atoms with Crippen molar-refractivity contribution in [1.82, 2.24) is 19.5 Å². The third-order valence-corrected chi connectivity index (χ3v) is 8.91. The van der Waals surface area contributed by atoms with Crippen LogP contribution in [0.15, 0.2) is 140 Å². The summed E-state index contributed by atoms with van der Waals surface area (Å²) in [7, 11) is 0. The number of nitrogens with zero attached hydrogens (tertiary/aromatic N) is 4. The van der Waals surface area contributed by atoms with Gasteiger partial charge in [0, 0.05) is 38.8 Å². The topological polar surface area (TPSA) is 55.6 Å². The Kier molecular flexibility index (Phi) is 6.99. The first-order chi connectivity index (χ1) is 22.7. The lowest BCUT2D eigenvalue weighted by Crippen LogP contribution is -2.11. The van der Waals surface area contributed by atoms with Crippen molar-refractivity contribution in [2.75, 3.05) is 5.32 Å². The maximum atomic E-state index is 5.22. The number of anilines is 2. The first-order valence-electron chi connectivity index (χ1n) is 15.8. The van der Waals surface area contributed by atoms with Gasteiger partial charge in [-0.2, -0.15) is 9.97 Å². The van der Waals surface area contributed by atoms with Crippen molar-refractivity contribution in [2.45, 2.75) is 20.3 Å². The number of hydrogen-bond acceptors (Lipinski definition) is 4. The Morgan fingerprint density at radius 3 is 2.22 bits per heavy atom. The minimum atomic E-state index is 0.309. The van der Waals surface area contributed by atoms with Gasteiger partial charge in [0.1, 0.15) is 0 Å². The van der Waals surface area contributed by atoms with E-state index >= 15 is 0 Å². The summed E-state index contributed by atoms with van der Waals surface area (Å²) >= 11 is 0. The fraction of sp³-hybridized carbons (Fsp3) is 0.0976. The van der Waals surface area contributed by atoms with E-state index < -0.39 is 0 Å². The van der Waals surface area contributed by atoms with Gasteiger partial charge >= 0.3 is 0 Å². The zero-order valence-corrected chi connectivity index (χ0v) is 25.9. The zero-order chi connectivity index (χ0) is 31.0. The zero-order valence-electron chi connectivity index (χ0n) is 25.9. The number of aryl methyl sites for hydroxylation is 1. The molecule has 5 aromatic carbocycles. The summed E-state index contributed by atoms with van der Waals surface area (Å²) in [6, 6.07) is 42.0. The molecule has 1 N–H and O–H groups in total. The first-order valence-corrected chi connectivity index (χ1v) is 15.8. The van der Waals surface area contributed by atoms with Crippen LogP contribution in [0.2, 0.25) is 0 Å². The molecule has 5 nitrogen and oxygen atoms in total. The molecule has 46 heavy (non-hydrogen) atoms. The molecule has 1 aliphatic carbocycles. The Morgan fingerprint density at radius 2 is 1.39 bits per heavy atom. The van der Waals surface area contributed by atoms with Crippen molar-refractivity contribution in [3.05, 3.63) is 151 Å². The molecule has 222 valence electrons. The number of nitrogens with one attached hydrogen (secondary N) is 1. The second-order valence-electron chi connectivity index (χ2n) is 11.9. The third-order valence-electron chi connectivity index (χ3n) is 8.91. The molecule has 0 radical (unpaired) electrons. The molecule has 0 aliphatic heterocycles. The second-order valence-corrected chi connectivity index (χ2v) is 11.9. The number of aromatic nitrogens is 4. The van der Waals surface area contributed by atoms with E-state index in [9.17, 15) is 0 Å². The number of para-hydroxylation sites is 3. The molecule has 8 rings (SSSR count). The van der Waals surface area contributed by atoms with Crippen LogP contribution in [0, 0.1) is 12.8 Å². The van der Waals surface area contributed by atoms with Crippen LogP contribution in [0.25, 0.3) is 55.8 Å². The molecule has 2 heterocycles. The first kappa shape index (κ1) is 27.7. The summed E-state index contributed by atoms with van der Waals surface area (Å²) in [5, 5.41) is 5.98. The average Bonchev–Trinajstić information content (AvgIpc) is 3.45. The number of benzene rings is 5. The van der Waals surface area contributed by atoms with Crippen LogP contribution in [0.3, 0.4) is 0 Å². The highest BCUT2D eigenvalue weighted by molar-refractivity contribution is 6.11. The van der Waals surface area contributed by atoms with Gasteiger partial charge in [-0.25, -0.2) is 4.98 Å². The fourth-order valence-electron chi connectivity index (χ4n) is 6.58. The normalized spacial score (nSPS) is 14.5. The Hall–Kier alpha value is -5.81. The van der Waals surface area contributed by atoms with Crippen molar-refractivity contribution in [3.63, 3.8) is 0 Å². The molecule has 7 aromatic rings. The van der Waals surface area contributed by atoms with Crippen LogP contribution < -0.4 is 5.32 Å². The highest BCUT2D eigenvalue weighted by atomic mass is 15.2. The second kappa shape index (κ2) is 11.6. The maximum Gasteiger partial charge on any atom is 0.238 e. The Bertz CT molecular complexity index is 2280. The van der Waals surface area contributed by atoms with Gasteiger partial charge < -0.3 is 5.32 Å². The Morgan fingerprint density at radius 1 is 0.674 bits per heavy atom. The summed E-state index contributed by atoms with van der Waals surface area (Å²) in [6.45, 7) is 4.45. The number of fused-ring (bicyclic) bond motifs is 3. The molecule has 2 aromatic heterocycles. The molecule has 5 heteroatoms. The van der Waals surface area contributed by atoms with Crippen LogP contribution >= 0.6 is 0 Å². The highest BCUT2D eigenvalue weighted by Gasteiger charge is 2.23. The van der Waals surface area contributed by atoms with E-state index in [1.54, 1.807) is 0 Å². The van der Waals surface area contributed by atoms with Crippen molar-refractivity contribution in [1.29, 1.82) is 0 Å².